The van der Waals surface area contributed by atoms with Crippen LogP contribution in [0, 0.1) is 0 Å². The highest BCUT2D eigenvalue weighted by Crippen LogP contribution is 2.20. The Morgan fingerprint density at radius 3 is 2.62 bits per heavy atom. The standard InChI is InChI=1S/C7H15N3O2S/c8-13(11,12)10-4-3-6-1-2-7(5-10)9-6/h6-7,9H,1-5H2,(H2,8,11,12). The van der Waals surface area contributed by atoms with Crippen molar-refractivity contribution in [2.75, 3.05) is 13.1 Å². The number of hydrogen-bond acceptors (Lipinski definition) is 3. The molecule has 2 fully saturated rings. The van der Waals surface area contributed by atoms with Crippen LogP contribution in [-0.4, -0.2) is 37.9 Å². The smallest absolute Gasteiger partial charge is 0.276 e. The van der Waals surface area contributed by atoms with Crippen molar-refractivity contribution in [3.05, 3.63) is 0 Å². The molecule has 2 bridgehead atoms. The molecule has 13 heavy (non-hydrogen) atoms. The molecule has 0 aromatic rings. The van der Waals surface area contributed by atoms with E-state index in [4.69, 9.17) is 5.14 Å². The predicted molar refractivity (Wildman–Crippen MR) is 49.2 cm³/mol. The van der Waals surface area contributed by atoms with Gasteiger partial charge in [-0.05, 0) is 19.3 Å². The van der Waals surface area contributed by atoms with Gasteiger partial charge in [0, 0.05) is 25.2 Å². The van der Waals surface area contributed by atoms with Gasteiger partial charge in [-0.1, -0.05) is 0 Å². The molecule has 0 radical (unpaired) electrons. The first-order chi connectivity index (χ1) is 6.05. The number of hydrogen-bond donors (Lipinski definition) is 2. The molecule has 3 N–H and O–H groups in total. The van der Waals surface area contributed by atoms with Crippen molar-refractivity contribution in [3.63, 3.8) is 0 Å². The number of rotatable bonds is 1. The van der Waals surface area contributed by atoms with Gasteiger partial charge < -0.3 is 5.32 Å². The van der Waals surface area contributed by atoms with E-state index in [-0.39, 0.29) is 0 Å². The van der Waals surface area contributed by atoms with E-state index in [1.165, 1.54) is 10.7 Å². The Morgan fingerprint density at radius 1 is 1.23 bits per heavy atom. The molecule has 0 aromatic carbocycles. The lowest BCUT2D eigenvalue weighted by atomic mass is 10.1. The Hall–Kier alpha value is -0.170. The van der Waals surface area contributed by atoms with Gasteiger partial charge >= 0.3 is 0 Å². The summed E-state index contributed by atoms with van der Waals surface area (Å²) < 4.78 is 23.6. The Balaban J connectivity index is 2.09. The van der Waals surface area contributed by atoms with Crippen LogP contribution in [0.2, 0.25) is 0 Å². The Bertz CT molecular complexity index is 290. The summed E-state index contributed by atoms with van der Waals surface area (Å²) in [7, 11) is -3.48. The van der Waals surface area contributed by atoms with Gasteiger partial charge in [0.05, 0.1) is 0 Å². The molecular formula is C7H15N3O2S. The van der Waals surface area contributed by atoms with Crippen LogP contribution in [-0.2, 0) is 10.2 Å². The van der Waals surface area contributed by atoms with E-state index in [9.17, 15) is 8.42 Å². The first kappa shape index (κ1) is 9.39. The largest absolute Gasteiger partial charge is 0.310 e. The Labute approximate surface area is 78.5 Å². The zero-order valence-corrected chi connectivity index (χ0v) is 8.26. The average molecular weight is 205 g/mol. The molecule has 2 saturated heterocycles. The van der Waals surface area contributed by atoms with Gasteiger partial charge in [-0.2, -0.15) is 12.7 Å². The lowest BCUT2D eigenvalue weighted by Crippen LogP contribution is -2.42. The van der Waals surface area contributed by atoms with Crippen molar-refractivity contribution >= 4 is 10.2 Å². The van der Waals surface area contributed by atoms with E-state index in [0.717, 1.165) is 12.8 Å². The van der Waals surface area contributed by atoms with Crippen LogP contribution in [0.1, 0.15) is 19.3 Å². The molecule has 0 amide bonds. The van der Waals surface area contributed by atoms with Gasteiger partial charge in [-0.15, -0.1) is 0 Å². The lowest BCUT2D eigenvalue weighted by Gasteiger charge is -2.20. The van der Waals surface area contributed by atoms with E-state index in [2.05, 4.69) is 5.32 Å². The molecule has 2 atom stereocenters. The third-order valence-electron chi connectivity index (χ3n) is 2.85. The van der Waals surface area contributed by atoms with Crippen LogP contribution in [0.3, 0.4) is 0 Å². The van der Waals surface area contributed by atoms with Crippen molar-refractivity contribution in [2.24, 2.45) is 5.14 Å². The van der Waals surface area contributed by atoms with Crippen molar-refractivity contribution in [1.29, 1.82) is 0 Å². The van der Waals surface area contributed by atoms with Crippen molar-refractivity contribution in [2.45, 2.75) is 31.3 Å². The Kier molecular flexibility index (Phi) is 2.31. The van der Waals surface area contributed by atoms with E-state index in [1.54, 1.807) is 0 Å². The zero-order valence-electron chi connectivity index (χ0n) is 7.44. The molecule has 2 unspecified atom stereocenters. The molecule has 2 aliphatic rings. The van der Waals surface area contributed by atoms with Crippen molar-refractivity contribution < 1.29 is 8.42 Å². The third kappa shape index (κ3) is 2.01. The highest BCUT2D eigenvalue weighted by atomic mass is 32.2. The third-order valence-corrected chi connectivity index (χ3v) is 3.90. The maximum atomic E-state index is 11.1. The van der Waals surface area contributed by atoms with Crippen LogP contribution in [0.25, 0.3) is 0 Å². The molecule has 2 aliphatic heterocycles. The van der Waals surface area contributed by atoms with Crippen LogP contribution >= 0.6 is 0 Å². The zero-order chi connectivity index (χ0) is 9.47. The van der Waals surface area contributed by atoms with Gasteiger partial charge in [0.15, 0.2) is 0 Å². The summed E-state index contributed by atoms with van der Waals surface area (Å²) in [6, 6.07) is 0.808. The lowest BCUT2D eigenvalue weighted by molar-refractivity contribution is 0.384. The summed E-state index contributed by atoms with van der Waals surface area (Å²) in [6.07, 6.45) is 3.12. The van der Waals surface area contributed by atoms with Crippen molar-refractivity contribution in [1.82, 2.24) is 9.62 Å². The van der Waals surface area contributed by atoms with Gasteiger partial charge in [0.2, 0.25) is 0 Å². The van der Waals surface area contributed by atoms with Gasteiger partial charge in [-0.3, -0.25) is 0 Å². The quantitative estimate of drug-likeness (QED) is 0.577. The summed E-state index contributed by atoms with van der Waals surface area (Å²) in [5.41, 5.74) is 0. The predicted octanol–water partition coefficient (Wildman–Crippen LogP) is -0.984. The highest BCUT2D eigenvalue weighted by molar-refractivity contribution is 7.86. The topological polar surface area (TPSA) is 75.4 Å². The SMILES string of the molecule is NS(=O)(=O)N1CCC2CCC(C1)N2. The maximum absolute atomic E-state index is 11.1. The first-order valence-corrected chi connectivity index (χ1v) is 6.10. The number of nitrogens with zero attached hydrogens (tertiary/aromatic N) is 1. The fraction of sp³-hybridized carbons (Fsp3) is 1.00. The summed E-state index contributed by atoms with van der Waals surface area (Å²) in [4.78, 5) is 0. The van der Waals surface area contributed by atoms with Crippen LogP contribution in [0.15, 0.2) is 0 Å². The van der Waals surface area contributed by atoms with E-state index in [1.807, 2.05) is 0 Å². The van der Waals surface area contributed by atoms with Gasteiger partial charge in [0.25, 0.3) is 10.2 Å². The number of nitrogens with two attached hydrogens (primary N) is 1. The summed E-state index contributed by atoms with van der Waals surface area (Å²) in [6.45, 7) is 1.10. The van der Waals surface area contributed by atoms with E-state index >= 15 is 0 Å². The second-order valence-electron chi connectivity index (χ2n) is 3.83. The molecule has 0 saturated carbocycles. The first-order valence-electron chi connectivity index (χ1n) is 4.59. The average Bonchev–Trinajstić information content (AvgIpc) is 2.27. The molecule has 5 nitrogen and oxygen atoms in total. The Morgan fingerprint density at radius 2 is 1.92 bits per heavy atom. The molecule has 76 valence electrons. The summed E-state index contributed by atoms with van der Waals surface area (Å²) in [5.74, 6) is 0. The summed E-state index contributed by atoms with van der Waals surface area (Å²) >= 11 is 0. The van der Waals surface area contributed by atoms with Crippen molar-refractivity contribution in [3.8, 4) is 0 Å². The van der Waals surface area contributed by atoms with Crippen LogP contribution in [0.5, 0.6) is 0 Å². The van der Waals surface area contributed by atoms with E-state index < -0.39 is 10.2 Å². The normalized spacial score (nSPS) is 36.1. The summed E-state index contributed by atoms with van der Waals surface area (Å²) in [5, 5.41) is 8.47. The molecule has 0 spiro atoms. The van der Waals surface area contributed by atoms with Crippen LogP contribution in [0.4, 0.5) is 0 Å². The van der Waals surface area contributed by atoms with Gasteiger partial charge in [0.1, 0.15) is 0 Å². The second-order valence-corrected chi connectivity index (χ2v) is 5.38. The number of nitrogens with one attached hydrogen (secondary N) is 1. The fourth-order valence-electron chi connectivity index (χ4n) is 2.14. The highest BCUT2D eigenvalue weighted by Gasteiger charge is 2.32. The fourth-order valence-corrected chi connectivity index (χ4v) is 2.89. The molecular weight excluding hydrogens is 190 g/mol. The minimum atomic E-state index is -3.48. The minimum absolute atomic E-state index is 0.311. The molecule has 0 aliphatic carbocycles. The van der Waals surface area contributed by atoms with E-state index in [0.29, 0.717) is 25.2 Å². The molecule has 2 rings (SSSR count). The van der Waals surface area contributed by atoms with Crippen LogP contribution < -0.4 is 10.5 Å². The molecule has 0 aromatic heterocycles. The molecule has 6 heteroatoms. The molecule has 2 heterocycles. The maximum Gasteiger partial charge on any atom is 0.276 e. The number of fused-ring (bicyclic) bond motifs is 2. The van der Waals surface area contributed by atoms with Gasteiger partial charge in [-0.25, -0.2) is 5.14 Å². The monoisotopic (exact) mass is 205 g/mol. The minimum Gasteiger partial charge on any atom is -0.310 e. The second kappa shape index (κ2) is 3.20.